The molecule has 1 aliphatic rings. The summed E-state index contributed by atoms with van der Waals surface area (Å²) in [6, 6.07) is 8.45. The lowest BCUT2D eigenvalue weighted by Gasteiger charge is -2.16. The molecule has 1 atom stereocenters. The van der Waals surface area contributed by atoms with Crippen LogP contribution in [-0.4, -0.2) is 43.3 Å². The van der Waals surface area contributed by atoms with E-state index in [-0.39, 0.29) is 32.8 Å². The molecule has 0 saturated heterocycles. The second kappa shape index (κ2) is 11.1. The van der Waals surface area contributed by atoms with E-state index in [0.717, 1.165) is 5.06 Å². The van der Waals surface area contributed by atoms with Crippen molar-refractivity contribution in [3.05, 3.63) is 35.4 Å². The Morgan fingerprint density at radius 1 is 0.964 bits per heavy atom. The van der Waals surface area contributed by atoms with Crippen LogP contribution in [0.1, 0.15) is 53.3 Å². The molecule has 0 saturated carbocycles. The summed E-state index contributed by atoms with van der Waals surface area (Å²) in [6.45, 7) is 2.14. The Labute approximate surface area is 163 Å². The zero-order valence-corrected chi connectivity index (χ0v) is 16.6. The van der Waals surface area contributed by atoms with Gasteiger partial charge < -0.3 is 0 Å². The Kier molecular flexibility index (Phi) is 8.77. The number of unbranched alkanes of at least 4 members (excludes halogenated alkanes) is 2. The summed E-state index contributed by atoms with van der Waals surface area (Å²) in [4.78, 5) is 29.6. The summed E-state index contributed by atoms with van der Waals surface area (Å²) in [5.41, 5.74) is 0.674. The lowest BCUT2D eigenvalue weighted by Crippen LogP contribution is -2.30. The van der Waals surface area contributed by atoms with Gasteiger partial charge in [0.1, 0.15) is 0 Å². The largest absolute Gasteiger partial charge is 0.474 e. The minimum Gasteiger partial charge on any atom is -0.287 e. The second-order valence-corrected chi connectivity index (χ2v) is 7.45. The van der Waals surface area contributed by atoms with Crippen LogP contribution in [0, 0.1) is 11.3 Å². The van der Waals surface area contributed by atoms with E-state index >= 15 is 0 Å². The first-order chi connectivity index (χ1) is 13.5. The Morgan fingerprint density at radius 3 is 2.18 bits per heavy atom. The fraction of sp³-hybridized carbons (Fsp3) is 0.500. The number of fused-ring (bicyclic) bond motifs is 1. The van der Waals surface area contributed by atoms with E-state index in [2.05, 4.69) is 0 Å². The SMILES string of the molecule is CCOP(=O)(OCCC#N)OCCCCCON1C(=O)c2ccccc2C1=O. The van der Waals surface area contributed by atoms with Crippen LogP contribution in [0.25, 0.3) is 0 Å². The third-order valence-electron chi connectivity index (χ3n) is 3.77. The van der Waals surface area contributed by atoms with Gasteiger partial charge in [0.25, 0.3) is 11.8 Å². The zero-order chi connectivity index (χ0) is 20.4. The molecule has 1 heterocycles. The monoisotopic (exact) mass is 410 g/mol. The minimum atomic E-state index is -3.65. The standard InChI is InChI=1S/C18H23N2O7P/c1-2-25-28(23,27-14-8-11-19)26-13-7-3-6-12-24-20-17(21)15-9-4-5-10-16(15)18(20)22/h4-5,9-10H,2-3,6-8,12-14H2,1H3. The average Bonchev–Trinajstić information content (AvgIpc) is 2.93. The van der Waals surface area contributed by atoms with Gasteiger partial charge in [0.15, 0.2) is 0 Å². The third-order valence-corrected chi connectivity index (χ3v) is 5.34. The summed E-state index contributed by atoms with van der Waals surface area (Å²) in [7, 11) is -3.65. The van der Waals surface area contributed by atoms with Crippen LogP contribution in [0.2, 0.25) is 0 Å². The molecule has 0 aromatic heterocycles. The quantitative estimate of drug-likeness (QED) is 0.276. The molecular weight excluding hydrogens is 387 g/mol. The number of carbonyl (C=O) groups excluding carboxylic acids is 2. The number of hydroxylamine groups is 2. The van der Waals surface area contributed by atoms with Crippen molar-refractivity contribution in [3.63, 3.8) is 0 Å². The third kappa shape index (κ3) is 5.96. The molecule has 1 aromatic rings. The van der Waals surface area contributed by atoms with E-state index in [1.807, 2.05) is 6.07 Å². The molecule has 0 radical (unpaired) electrons. The van der Waals surface area contributed by atoms with Gasteiger partial charge in [0, 0.05) is 0 Å². The van der Waals surface area contributed by atoms with E-state index in [0.29, 0.717) is 30.4 Å². The van der Waals surface area contributed by atoms with Crippen LogP contribution in [0.15, 0.2) is 24.3 Å². The van der Waals surface area contributed by atoms with Crippen molar-refractivity contribution in [3.8, 4) is 6.07 Å². The molecule has 0 bridgehead atoms. The van der Waals surface area contributed by atoms with Crippen molar-refractivity contribution < 1.29 is 32.6 Å². The van der Waals surface area contributed by atoms with E-state index < -0.39 is 19.6 Å². The van der Waals surface area contributed by atoms with Gasteiger partial charge in [0.2, 0.25) is 0 Å². The number of nitriles is 1. The summed E-state index contributed by atoms with van der Waals surface area (Å²) in [6.07, 6.45) is 1.89. The normalized spacial score (nSPS) is 15.4. The maximum atomic E-state index is 12.2. The first-order valence-electron chi connectivity index (χ1n) is 9.03. The summed E-state index contributed by atoms with van der Waals surface area (Å²) < 4.78 is 27.5. The molecule has 28 heavy (non-hydrogen) atoms. The van der Waals surface area contributed by atoms with Crippen LogP contribution in [-0.2, 0) is 23.0 Å². The molecule has 0 spiro atoms. The van der Waals surface area contributed by atoms with Gasteiger partial charge in [-0.3, -0.25) is 28.0 Å². The molecule has 0 N–H and O–H groups in total. The van der Waals surface area contributed by atoms with Gasteiger partial charge >= 0.3 is 7.82 Å². The molecule has 10 heteroatoms. The predicted octanol–water partition coefficient (Wildman–Crippen LogP) is 3.48. The molecule has 0 fully saturated rings. The molecular formula is C18H23N2O7P. The Hall–Kier alpha value is -2.08. The van der Waals surface area contributed by atoms with Crippen molar-refractivity contribution in [2.45, 2.75) is 32.6 Å². The fourth-order valence-corrected chi connectivity index (χ4v) is 3.68. The predicted molar refractivity (Wildman–Crippen MR) is 98.1 cm³/mol. The number of benzene rings is 1. The second-order valence-electron chi connectivity index (χ2n) is 5.78. The molecule has 1 unspecified atom stereocenters. The van der Waals surface area contributed by atoms with Gasteiger partial charge in [0.05, 0.1) is 50.0 Å². The minimum absolute atomic E-state index is 0.0259. The van der Waals surface area contributed by atoms with Crippen molar-refractivity contribution >= 4 is 19.6 Å². The van der Waals surface area contributed by atoms with Crippen molar-refractivity contribution in [2.75, 3.05) is 26.4 Å². The number of phosphoric ester groups is 1. The number of carbonyl (C=O) groups is 2. The number of rotatable bonds is 13. The zero-order valence-electron chi connectivity index (χ0n) is 15.7. The Balaban J connectivity index is 1.64. The summed E-state index contributed by atoms with van der Waals surface area (Å²) in [5, 5.41) is 9.28. The van der Waals surface area contributed by atoms with E-state index in [4.69, 9.17) is 23.7 Å². The highest BCUT2D eigenvalue weighted by molar-refractivity contribution is 7.48. The number of amides is 2. The van der Waals surface area contributed by atoms with Crippen LogP contribution >= 0.6 is 7.82 Å². The van der Waals surface area contributed by atoms with Crippen LogP contribution in [0.5, 0.6) is 0 Å². The van der Waals surface area contributed by atoms with Gasteiger partial charge in [-0.2, -0.15) is 5.26 Å². The molecule has 152 valence electrons. The Bertz CT molecular complexity index is 742. The highest BCUT2D eigenvalue weighted by atomic mass is 31.2. The highest BCUT2D eigenvalue weighted by Crippen LogP contribution is 2.49. The number of imide groups is 1. The molecule has 1 aromatic carbocycles. The fourth-order valence-electron chi connectivity index (χ4n) is 2.47. The molecule has 9 nitrogen and oxygen atoms in total. The number of phosphoric acid groups is 1. The van der Waals surface area contributed by atoms with Crippen molar-refractivity contribution in [1.29, 1.82) is 5.26 Å². The lowest BCUT2D eigenvalue weighted by molar-refractivity contribution is -0.0924. The highest BCUT2D eigenvalue weighted by Gasteiger charge is 2.36. The summed E-state index contributed by atoms with van der Waals surface area (Å²) in [5.74, 6) is -0.924. The average molecular weight is 410 g/mol. The van der Waals surface area contributed by atoms with Crippen LogP contribution in [0.3, 0.4) is 0 Å². The van der Waals surface area contributed by atoms with Gasteiger partial charge in [-0.05, 0) is 38.3 Å². The number of hydrogen-bond donors (Lipinski definition) is 0. The van der Waals surface area contributed by atoms with Gasteiger partial charge in [-0.15, -0.1) is 5.06 Å². The van der Waals surface area contributed by atoms with E-state index in [9.17, 15) is 14.2 Å². The van der Waals surface area contributed by atoms with Crippen LogP contribution < -0.4 is 0 Å². The van der Waals surface area contributed by atoms with Crippen molar-refractivity contribution in [2.24, 2.45) is 0 Å². The maximum Gasteiger partial charge on any atom is 0.474 e. The Morgan fingerprint density at radius 2 is 1.57 bits per heavy atom. The first-order valence-corrected chi connectivity index (χ1v) is 10.5. The van der Waals surface area contributed by atoms with Crippen LogP contribution in [0.4, 0.5) is 0 Å². The molecule has 1 aliphatic heterocycles. The van der Waals surface area contributed by atoms with E-state index in [1.165, 1.54) is 0 Å². The topological polar surface area (TPSA) is 115 Å². The summed E-state index contributed by atoms with van der Waals surface area (Å²) >= 11 is 0. The van der Waals surface area contributed by atoms with E-state index in [1.54, 1.807) is 31.2 Å². The van der Waals surface area contributed by atoms with Gasteiger partial charge in [-0.1, -0.05) is 12.1 Å². The molecule has 2 amide bonds. The first kappa shape index (κ1) is 22.2. The maximum absolute atomic E-state index is 12.2. The molecule has 2 rings (SSSR count). The lowest BCUT2D eigenvalue weighted by atomic mass is 10.1. The number of hydrogen-bond acceptors (Lipinski definition) is 8. The number of nitrogens with zero attached hydrogens (tertiary/aromatic N) is 2. The van der Waals surface area contributed by atoms with Gasteiger partial charge in [-0.25, -0.2) is 4.57 Å². The smallest absolute Gasteiger partial charge is 0.287 e. The molecule has 0 aliphatic carbocycles. The van der Waals surface area contributed by atoms with Crippen molar-refractivity contribution in [1.82, 2.24) is 5.06 Å².